The van der Waals surface area contributed by atoms with Crippen molar-refractivity contribution in [3.63, 3.8) is 0 Å². The fourth-order valence-electron chi connectivity index (χ4n) is 3.11. The van der Waals surface area contributed by atoms with Crippen molar-refractivity contribution < 1.29 is 9.47 Å². The van der Waals surface area contributed by atoms with Crippen LogP contribution in [-0.4, -0.2) is 47.3 Å². The van der Waals surface area contributed by atoms with Gasteiger partial charge < -0.3 is 19.7 Å². The number of rotatable bonds is 3. The van der Waals surface area contributed by atoms with Gasteiger partial charge in [0, 0.05) is 31.6 Å². The fourth-order valence-corrected chi connectivity index (χ4v) is 3.11. The highest BCUT2D eigenvalue weighted by atomic mass is 16.7. The Morgan fingerprint density at radius 1 is 1.08 bits per heavy atom. The van der Waals surface area contributed by atoms with Crippen LogP contribution in [0.15, 0.2) is 30.5 Å². The van der Waals surface area contributed by atoms with Crippen molar-refractivity contribution in [2.75, 3.05) is 36.5 Å². The largest absolute Gasteiger partial charge is 0.347 e. The Labute approximate surface area is 141 Å². The third-order valence-corrected chi connectivity index (χ3v) is 4.49. The lowest BCUT2D eigenvalue weighted by atomic mass is 10.0. The summed E-state index contributed by atoms with van der Waals surface area (Å²) in [4.78, 5) is 6.72. The van der Waals surface area contributed by atoms with Gasteiger partial charge in [0.15, 0.2) is 11.6 Å². The van der Waals surface area contributed by atoms with Crippen LogP contribution in [0.3, 0.4) is 0 Å². The van der Waals surface area contributed by atoms with Gasteiger partial charge in [0.25, 0.3) is 0 Å². The molecule has 0 saturated carbocycles. The summed E-state index contributed by atoms with van der Waals surface area (Å²) >= 11 is 0. The van der Waals surface area contributed by atoms with Crippen molar-refractivity contribution in [2.45, 2.75) is 25.6 Å². The Hall–Kier alpha value is -2.25. The summed E-state index contributed by atoms with van der Waals surface area (Å²) in [6.45, 7) is 5.04. The zero-order valence-electron chi connectivity index (χ0n) is 13.7. The first-order valence-electron chi connectivity index (χ1n) is 8.29. The summed E-state index contributed by atoms with van der Waals surface area (Å²) in [5, 5.41) is 11.5. The molecule has 0 unspecified atom stereocenters. The molecule has 0 atom stereocenters. The average molecular weight is 327 g/mol. The van der Waals surface area contributed by atoms with E-state index in [9.17, 15) is 0 Å². The molecule has 1 aromatic carbocycles. The Morgan fingerprint density at radius 2 is 1.79 bits per heavy atom. The van der Waals surface area contributed by atoms with Crippen LogP contribution in [0, 0.1) is 6.92 Å². The third kappa shape index (κ3) is 3.18. The molecule has 7 heteroatoms. The standard InChI is InChI=1S/C17H21N5O2/c1-13-2-4-14(5-3-13)19-15-12-18-21-16(20-15)22-8-6-17(7-9-22)23-10-11-24-17/h2-5,12H,6-11H2,1H3,(H,19,20,21). The van der Waals surface area contributed by atoms with E-state index in [1.807, 2.05) is 12.1 Å². The van der Waals surface area contributed by atoms with E-state index < -0.39 is 0 Å². The molecule has 4 rings (SSSR count). The van der Waals surface area contributed by atoms with Crippen LogP contribution in [-0.2, 0) is 9.47 Å². The molecule has 0 radical (unpaired) electrons. The number of nitrogens with one attached hydrogen (secondary N) is 1. The number of ether oxygens (including phenoxy) is 2. The van der Waals surface area contributed by atoms with Gasteiger partial charge in [-0.2, -0.15) is 10.1 Å². The maximum atomic E-state index is 5.76. The monoisotopic (exact) mass is 327 g/mol. The molecule has 1 aromatic heterocycles. The van der Waals surface area contributed by atoms with Crippen molar-refractivity contribution in [3.8, 4) is 0 Å². The highest BCUT2D eigenvalue weighted by molar-refractivity contribution is 5.56. The topological polar surface area (TPSA) is 72.4 Å². The summed E-state index contributed by atoms with van der Waals surface area (Å²) in [7, 11) is 0. The van der Waals surface area contributed by atoms with Crippen molar-refractivity contribution >= 4 is 17.5 Å². The average Bonchev–Trinajstić information content (AvgIpc) is 3.06. The fraction of sp³-hybridized carbons (Fsp3) is 0.471. The number of anilines is 3. The minimum absolute atomic E-state index is 0.387. The van der Waals surface area contributed by atoms with E-state index in [4.69, 9.17) is 9.47 Å². The van der Waals surface area contributed by atoms with Crippen LogP contribution >= 0.6 is 0 Å². The molecule has 1 N–H and O–H groups in total. The zero-order valence-corrected chi connectivity index (χ0v) is 13.7. The molecular formula is C17H21N5O2. The molecule has 24 heavy (non-hydrogen) atoms. The van der Waals surface area contributed by atoms with Crippen LogP contribution in [0.25, 0.3) is 0 Å². The molecule has 0 aliphatic carbocycles. The molecule has 3 heterocycles. The summed E-state index contributed by atoms with van der Waals surface area (Å²) in [5.41, 5.74) is 2.21. The second-order valence-corrected chi connectivity index (χ2v) is 6.23. The Bertz CT molecular complexity index is 690. The number of hydrogen-bond donors (Lipinski definition) is 1. The van der Waals surface area contributed by atoms with E-state index in [0.717, 1.165) is 31.6 Å². The van der Waals surface area contributed by atoms with E-state index in [0.29, 0.717) is 25.0 Å². The molecule has 0 amide bonds. The lowest BCUT2D eigenvalue weighted by molar-refractivity contribution is -0.169. The predicted molar refractivity (Wildman–Crippen MR) is 90.4 cm³/mol. The van der Waals surface area contributed by atoms with Crippen LogP contribution in [0.4, 0.5) is 17.5 Å². The molecule has 1 spiro atoms. The summed E-state index contributed by atoms with van der Waals surface area (Å²) in [5.74, 6) is 0.944. The van der Waals surface area contributed by atoms with E-state index >= 15 is 0 Å². The second-order valence-electron chi connectivity index (χ2n) is 6.23. The molecule has 126 valence electrons. The number of aromatic nitrogens is 3. The van der Waals surface area contributed by atoms with Gasteiger partial charge in [-0.1, -0.05) is 17.7 Å². The van der Waals surface area contributed by atoms with Crippen molar-refractivity contribution in [1.82, 2.24) is 15.2 Å². The van der Waals surface area contributed by atoms with Crippen LogP contribution in [0.2, 0.25) is 0 Å². The second kappa shape index (κ2) is 6.33. The van der Waals surface area contributed by atoms with Crippen LogP contribution in [0.1, 0.15) is 18.4 Å². The minimum Gasteiger partial charge on any atom is -0.347 e. The number of nitrogens with zero attached hydrogens (tertiary/aromatic N) is 4. The molecule has 2 saturated heterocycles. The first kappa shape index (κ1) is 15.3. The maximum Gasteiger partial charge on any atom is 0.247 e. The van der Waals surface area contributed by atoms with Gasteiger partial charge in [0.05, 0.1) is 19.4 Å². The molecule has 2 aliphatic rings. The highest BCUT2D eigenvalue weighted by Gasteiger charge is 2.40. The number of piperidine rings is 1. The van der Waals surface area contributed by atoms with Gasteiger partial charge in [0.1, 0.15) is 0 Å². The SMILES string of the molecule is Cc1ccc(Nc2cnnc(N3CCC4(CC3)OCCO4)n2)cc1. The van der Waals surface area contributed by atoms with Gasteiger partial charge in [-0.3, -0.25) is 0 Å². The molecule has 2 aliphatic heterocycles. The van der Waals surface area contributed by atoms with Gasteiger partial charge in [-0.15, -0.1) is 5.10 Å². The van der Waals surface area contributed by atoms with Crippen LogP contribution in [0.5, 0.6) is 0 Å². The van der Waals surface area contributed by atoms with Crippen molar-refractivity contribution in [2.24, 2.45) is 0 Å². The normalized spacial score (nSPS) is 19.6. The Balaban J connectivity index is 1.44. The number of hydrogen-bond acceptors (Lipinski definition) is 7. The van der Waals surface area contributed by atoms with Crippen LogP contribution < -0.4 is 10.2 Å². The Kier molecular flexibility index (Phi) is 4.03. The lowest BCUT2D eigenvalue weighted by Gasteiger charge is -2.37. The van der Waals surface area contributed by atoms with Crippen molar-refractivity contribution in [1.29, 1.82) is 0 Å². The van der Waals surface area contributed by atoms with Gasteiger partial charge in [-0.05, 0) is 19.1 Å². The van der Waals surface area contributed by atoms with Gasteiger partial charge in [-0.25, -0.2) is 0 Å². The Morgan fingerprint density at radius 3 is 2.50 bits per heavy atom. The summed E-state index contributed by atoms with van der Waals surface area (Å²) in [6.07, 6.45) is 3.29. The molecule has 7 nitrogen and oxygen atoms in total. The lowest BCUT2D eigenvalue weighted by Crippen LogP contribution is -2.45. The summed E-state index contributed by atoms with van der Waals surface area (Å²) < 4.78 is 11.5. The van der Waals surface area contributed by atoms with E-state index in [1.165, 1.54) is 5.56 Å². The first-order chi connectivity index (χ1) is 11.7. The number of aryl methyl sites for hydroxylation is 1. The van der Waals surface area contributed by atoms with Gasteiger partial charge in [0.2, 0.25) is 5.95 Å². The zero-order chi connectivity index (χ0) is 16.4. The smallest absolute Gasteiger partial charge is 0.247 e. The van der Waals surface area contributed by atoms with Crippen molar-refractivity contribution in [3.05, 3.63) is 36.0 Å². The molecule has 0 bridgehead atoms. The highest BCUT2D eigenvalue weighted by Crippen LogP contribution is 2.32. The molecule has 2 aromatic rings. The van der Waals surface area contributed by atoms with E-state index in [1.54, 1.807) is 6.20 Å². The third-order valence-electron chi connectivity index (χ3n) is 4.49. The maximum absolute atomic E-state index is 5.76. The van der Waals surface area contributed by atoms with Gasteiger partial charge >= 0.3 is 0 Å². The molecular weight excluding hydrogens is 306 g/mol. The first-order valence-corrected chi connectivity index (χ1v) is 8.29. The molecule has 2 fully saturated rings. The van der Waals surface area contributed by atoms with E-state index in [-0.39, 0.29) is 5.79 Å². The quantitative estimate of drug-likeness (QED) is 0.927. The summed E-state index contributed by atoms with van der Waals surface area (Å²) in [6, 6.07) is 8.17. The number of benzene rings is 1. The minimum atomic E-state index is -0.387. The van der Waals surface area contributed by atoms with E-state index in [2.05, 4.69) is 44.5 Å². The predicted octanol–water partition coefficient (Wildman–Crippen LogP) is 2.27.